The fourth-order valence-electron chi connectivity index (χ4n) is 2.43. The average molecular weight is 399 g/mol. The number of hydrogen-bond donors (Lipinski definition) is 3. The van der Waals surface area contributed by atoms with Crippen LogP contribution >= 0.6 is 15.9 Å². The number of aromatic amines is 2. The van der Waals surface area contributed by atoms with Crippen LogP contribution in [-0.4, -0.2) is 41.9 Å². The molecule has 0 bridgehead atoms. The van der Waals surface area contributed by atoms with E-state index in [1.54, 1.807) is 12.1 Å². The summed E-state index contributed by atoms with van der Waals surface area (Å²) < 4.78 is 0.759. The van der Waals surface area contributed by atoms with Crippen molar-refractivity contribution in [3.63, 3.8) is 0 Å². The highest BCUT2D eigenvalue weighted by Crippen LogP contribution is 2.22. The largest absolute Gasteiger partial charge is 0.322 e. The van der Waals surface area contributed by atoms with Gasteiger partial charge in [0.05, 0.1) is 5.56 Å². The van der Waals surface area contributed by atoms with Gasteiger partial charge in [0, 0.05) is 16.6 Å². The highest BCUT2D eigenvalue weighted by atomic mass is 79.9. The first-order chi connectivity index (χ1) is 12.2. The average Bonchev–Trinajstić information content (AvgIpc) is 3.27. The molecule has 3 N–H and O–H groups in total. The quantitative estimate of drug-likeness (QED) is 0.483. The van der Waals surface area contributed by atoms with E-state index in [2.05, 4.69) is 57.3 Å². The van der Waals surface area contributed by atoms with E-state index in [0.717, 1.165) is 10.0 Å². The van der Waals surface area contributed by atoms with Crippen LogP contribution in [0.5, 0.6) is 0 Å². The third-order valence-corrected chi connectivity index (χ3v) is 4.05. The van der Waals surface area contributed by atoms with Gasteiger partial charge in [-0.15, -0.1) is 10.2 Å². The molecule has 0 radical (unpaired) electrons. The van der Waals surface area contributed by atoms with Crippen LogP contribution in [0.1, 0.15) is 21.7 Å². The molecule has 2 aromatic carbocycles. The first-order valence-corrected chi connectivity index (χ1v) is 8.11. The summed E-state index contributed by atoms with van der Waals surface area (Å²) in [6.07, 6.45) is 0.565. The van der Waals surface area contributed by atoms with Crippen LogP contribution < -0.4 is 5.32 Å². The molecule has 0 fully saturated rings. The van der Waals surface area contributed by atoms with E-state index in [0.29, 0.717) is 34.5 Å². The van der Waals surface area contributed by atoms with Gasteiger partial charge in [0.1, 0.15) is 11.0 Å². The summed E-state index contributed by atoms with van der Waals surface area (Å²) in [5.74, 6) is 0.352. The molecule has 10 heteroatoms. The lowest BCUT2D eigenvalue weighted by atomic mass is 10.1. The third-order valence-electron chi connectivity index (χ3n) is 3.59. The minimum absolute atomic E-state index is 0.258. The van der Waals surface area contributed by atoms with E-state index in [9.17, 15) is 4.79 Å². The maximum Gasteiger partial charge on any atom is 0.258 e. The number of carbonyl (C=O) groups is 1. The standard InChI is InChI=1S/C15H11BrN8O/c16-9-6-11(14-12(7-9)18-22-21-14)15(25)17-10-3-1-8(2-4-10)5-13-19-23-24-20-13/h1-4,6-7H,5H2,(H,17,25)(H,18,21,22)(H,19,20,23,24). The third kappa shape index (κ3) is 3.24. The van der Waals surface area contributed by atoms with Crippen molar-refractivity contribution < 1.29 is 4.79 Å². The Labute approximate surface area is 149 Å². The first-order valence-electron chi connectivity index (χ1n) is 7.32. The Morgan fingerprint density at radius 2 is 1.92 bits per heavy atom. The van der Waals surface area contributed by atoms with Crippen LogP contribution in [0.2, 0.25) is 0 Å². The maximum absolute atomic E-state index is 12.6. The molecule has 0 aliphatic rings. The molecule has 0 saturated heterocycles. The zero-order chi connectivity index (χ0) is 17.2. The highest BCUT2D eigenvalue weighted by Gasteiger charge is 2.14. The first kappa shape index (κ1) is 15.4. The Hall–Kier alpha value is -3.14. The fraction of sp³-hybridized carbons (Fsp3) is 0.0667. The minimum Gasteiger partial charge on any atom is -0.322 e. The van der Waals surface area contributed by atoms with Crippen molar-refractivity contribution in [2.45, 2.75) is 6.42 Å². The molecule has 9 nitrogen and oxygen atoms in total. The number of anilines is 1. The highest BCUT2D eigenvalue weighted by molar-refractivity contribution is 9.10. The lowest BCUT2D eigenvalue weighted by molar-refractivity contribution is 0.102. The molecular weight excluding hydrogens is 388 g/mol. The molecular formula is C15H11BrN8O. The van der Waals surface area contributed by atoms with Gasteiger partial charge in [-0.3, -0.25) is 4.79 Å². The van der Waals surface area contributed by atoms with Crippen molar-refractivity contribution in [2.75, 3.05) is 5.32 Å². The monoisotopic (exact) mass is 398 g/mol. The van der Waals surface area contributed by atoms with Crippen LogP contribution in [0.4, 0.5) is 5.69 Å². The lowest BCUT2D eigenvalue weighted by Gasteiger charge is -2.07. The second-order valence-electron chi connectivity index (χ2n) is 5.30. The van der Waals surface area contributed by atoms with Crippen molar-refractivity contribution >= 4 is 38.6 Å². The molecule has 4 aromatic rings. The number of nitrogens with one attached hydrogen (secondary N) is 3. The number of benzene rings is 2. The van der Waals surface area contributed by atoms with Crippen molar-refractivity contribution in [2.24, 2.45) is 0 Å². The van der Waals surface area contributed by atoms with E-state index < -0.39 is 0 Å². The Balaban J connectivity index is 1.53. The Bertz CT molecular complexity index is 1030. The van der Waals surface area contributed by atoms with E-state index in [1.165, 1.54) is 0 Å². The number of H-pyrrole nitrogens is 2. The van der Waals surface area contributed by atoms with E-state index in [1.807, 2.05) is 24.3 Å². The number of carbonyl (C=O) groups excluding carboxylic acids is 1. The molecule has 25 heavy (non-hydrogen) atoms. The summed E-state index contributed by atoms with van der Waals surface area (Å²) in [6, 6.07) is 11.0. The molecule has 0 aliphatic heterocycles. The van der Waals surface area contributed by atoms with Crippen molar-refractivity contribution in [1.82, 2.24) is 36.0 Å². The number of hydrogen-bond acceptors (Lipinski definition) is 6. The van der Waals surface area contributed by atoms with Gasteiger partial charge in [0.25, 0.3) is 5.91 Å². The van der Waals surface area contributed by atoms with Crippen molar-refractivity contribution in [3.8, 4) is 0 Å². The molecule has 0 saturated carbocycles. The summed E-state index contributed by atoms with van der Waals surface area (Å²) >= 11 is 3.38. The summed E-state index contributed by atoms with van der Waals surface area (Å²) in [6.45, 7) is 0. The van der Waals surface area contributed by atoms with Crippen molar-refractivity contribution in [3.05, 3.63) is 57.8 Å². The van der Waals surface area contributed by atoms with Gasteiger partial charge in [-0.1, -0.05) is 33.3 Å². The normalized spacial score (nSPS) is 10.9. The van der Waals surface area contributed by atoms with E-state index in [4.69, 9.17) is 0 Å². The van der Waals surface area contributed by atoms with Gasteiger partial charge < -0.3 is 5.32 Å². The zero-order valence-electron chi connectivity index (χ0n) is 12.7. The van der Waals surface area contributed by atoms with Gasteiger partial charge in [-0.25, -0.2) is 0 Å². The molecule has 0 unspecified atom stereocenters. The van der Waals surface area contributed by atoms with Crippen LogP contribution in [0, 0.1) is 0 Å². The number of rotatable bonds is 4. The second-order valence-corrected chi connectivity index (χ2v) is 6.22. The van der Waals surface area contributed by atoms with Gasteiger partial charge >= 0.3 is 0 Å². The van der Waals surface area contributed by atoms with E-state index >= 15 is 0 Å². The van der Waals surface area contributed by atoms with Crippen LogP contribution in [0.25, 0.3) is 11.0 Å². The Morgan fingerprint density at radius 1 is 1.08 bits per heavy atom. The second kappa shape index (κ2) is 6.40. The number of amides is 1. The molecule has 0 spiro atoms. The van der Waals surface area contributed by atoms with Crippen LogP contribution in [0.15, 0.2) is 40.9 Å². The predicted molar refractivity (Wildman–Crippen MR) is 93.0 cm³/mol. The van der Waals surface area contributed by atoms with Gasteiger partial charge in [0.2, 0.25) is 0 Å². The summed E-state index contributed by atoms with van der Waals surface area (Å²) in [7, 11) is 0. The molecule has 2 heterocycles. The number of fused-ring (bicyclic) bond motifs is 1. The Kier molecular flexibility index (Phi) is 3.94. The molecule has 2 aromatic heterocycles. The van der Waals surface area contributed by atoms with Crippen LogP contribution in [0.3, 0.4) is 0 Å². The van der Waals surface area contributed by atoms with Crippen LogP contribution in [-0.2, 0) is 6.42 Å². The summed E-state index contributed by atoms with van der Waals surface area (Å²) in [5, 5.41) is 27.2. The molecule has 4 rings (SSSR count). The topological polar surface area (TPSA) is 125 Å². The number of halogens is 1. The number of tetrazole rings is 1. The molecule has 0 aliphatic carbocycles. The van der Waals surface area contributed by atoms with Crippen molar-refractivity contribution in [1.29, 1.82) is 0 Å². The number of nitrogens with zero attached hydrogens (tertiary/aromatic N) is 5. The predicted octanol–water partition coefficient (Wildman–Crippen LogP) is 2.08. The van der Waals surface area contributed by atoms with E-state index in [-0.39, 0.29) is 5.91 Å². The van der Waals surface area contributed by atoms with Gasteiger partial charge in [-0.2, -0.15) is 20.6 Å². The number of aromatic nitrogens is 7. The summed E-state index contributed by atoms with van der Waals surface area (Å²) in [4.78, 5) is 12.6. The maximum atomic E-state index is 12.6. The Morgan fingerprint density at radius 3 is 2.68 bits per heavy atom. The molecule has 1 amide bonds. The summed E-state index contributed by atoms with van der Waals surface area (Å²) in [5.41, 5.74) is 3.28. The fourth-order valence-corrected chi connectivity index (χ4v) is 2.88. The minimum atomic E-state index is -0.258. The molecule has 124 valence electrons. The SMILES string of the molecule is O=C(Nc1ccc(Cc2nn[nH]n2)cc1)c1cc(Br)cc2n[nH]nc12. The smallest absolute Gasteiger partial charge is 0.258 e. The van der Waals surface area contributed by atoms with Gasteiger partial charge in [-0.05, 0) is 29.8 Å². The molecule has 0 atom stereocenters. The zero-order valence-corrected chi connectivity index (χ0v) is 14.3. The lowest BCUT2D eigenvalue weighted by Crippen LogP contribution is -2.12. The van der Waals surface area contributed by atoms with Gasteiger partial charge in [0.15, 0.2) is 5.82 Å².